The van der Waals surface area contributed by atoms with Gasteiger partial charge in [-0.25, -0.2) is 13.8 Å². The molecule has 0 radical (unpaired) electrons. The third-order valence-corrected chi connectivity index (χ3v) is 8.25. The predicted molar refractivity (Wildman–Crippen MR) is 163 cm³/mol. The molecule has 0 aromatic heterocycles. The SMILES string of the molecule is CCc1ccc(N(CC(=O)N/N=C(/C)c2cccc(NC(=O)c3cccc(Cl)c3)c2)S(=O)(=O)c2ccccc2)cc1. The second-order valence-electron chi connectivity index (χ2n) is 9.12. The Morgan fingerprint density at radius 3 is 2.22 bits per heavy atom. The van der Waals surface area contributed by atoms with Gasteiger partial charge in [0.05, 0.1) is 16.3 Å². The second kappa shape index (κ2) is 13.3. The minimum atomic E-state index is -4.03. The van der Waals surface area contributed by atoms with Crippen LogP contribution in [-0.4, -0.2) is 32.5 Å². The molecule has 10 heteroatoms. The minimum absolute atomic E-state index is 0.0729. The van der Waals surface area contributed by atoms with Gasteiger partial charge in [-0.2, -0.15) is 5.10 Å². The van der Waals surface area contributed by atoms with Gasteiger partial charge in [0.2, 0.25) is 0 Å². The van der Waals surface area contributed by atoms with Crippen LogP contribution in [0.5, 0.6) is 0 Å². The van der Waals surface area contributed by atoms with Crippen LogP contribution in [-0.2, 0) is 21.2 Å². The molecule has 0 aliphatic rings. The van der Waals surface area contributed by atoms with Crippen LogP contribution in [0, 0.1) is 0 Å². The van der Waals surface area contributed by atoms with Crippen LogP contribution in [0.25, 0.3) is 0 Å². The van der Waals surface area contributed by atoms with Crippen molar-refractivity contribution in [3.8, 4) is 0 Å². The number of benzene rings is 4. The van der Waals surface area contributed by atoms with Crippen LogP contribution in [0.3, 0.4) is 0 Å². The maximum absolute atomic E-state index is 13.5. The third kappa shape index (κ3) is 7.59. The van der Waals surface area contributed by atoms with Crippen molar-refractivity contribution in [1.29, 1.82) is 0 Å². The molecule has 4 aromatic rings. The number of nitrogens with one attached hydrogen (secondary N) is 2. The fourth-order valence-electron chi connectivity index (χ4n) is 3.96. The van der Waals surface area contributed by atoms with Gasteiger partial charge in [0.25, 0.3) is 21.8 Å². The quantitative estimate of drug-likeness (QED) is 0.178. The fraction of sp³-hybridized carbons (Fsp3) is 0.129. The van der Waals surface area contributed by atoms with Crippen molar-refractivity contribution < 1.29 is 18.0 Å². The summed E-state index contributed by atoms with van der Waals surface area (Å²) in [5.74, 6) is -0.937. The van der Waals surface area contributed by atoms with Crippen molar-refractivity contribution in [2.45, 2.75) is 25.2 Å². The number of carbonyl (C=O) groups excluding carboxylic acids is 2. The maximum Gasteiger partial charge on any atom is 0.264 e. The van der Waals surface area contributed by atoms with Crippen LogP contribution < -0.4 is 15.0 Å². The maximum atomic E-state index is 13.5. The molecule has 2 amide bonds. The van der Waals surface area contributed by atoms with Gasteiger partial charge in [-0.05, 0) is 79.1 Å². The molecule has 0 fully saturated rings. The highest BCUT2D eigenvalue weighted by Crippen LogP contribution is 2.24. The summed E-state index contributed by atoms with van der Waals surface area (Å²) in [6, 6.07) is 28.6. The number of nitrogens with zero attached hydrogens (tertiary/aromatic N) is 2. The Morgan fingerprint density at radius 2 is 1.54 bits per heavy atom. The van der Waals surface area contributed by atoms with Gasteiger partial charge in [-0.3, -0.25) is 13.9 Å². The zero-order chi connectivity index (χ0) is 29.4. The number of hydrazone groups is 1. The van der Waals surface area contributed by atoms with Crippen molar-refractivity contribution >= 4 is 50.5 Å². The van der Waals surface area contributed by atoms with E-state index in [2.05, 4.69) is 15.8 Å². The summed E-state index contributed by atoms with van der Waals surface area (Å²) in [7, 11) is -4.03. The lowest BCUT2D eigenvalue weighted by molar-refractivity contribution is -0.119. The smallest absolute Gasteiger partial charge is 0.264 e. The van der Waals surface area contributed by atoms with E-state index in [1.165, 1.54) is 12.1 Å². The summed E-state index contributed by atoms with van der Waals surface area (Å²) in [5, 5.41) is 7.45. The number of anilines is 2. The summed E-state index contributed by atoms with van der Waals surface area (Å²) in [4.78, 5) is 25.6. The highest BCUT2D eigenvalue weighted by Gasteiger charge is 2.27. The van der Waals surface area contributed by atoms with E-state index in [0.29, 0.717) is 33.2 Å². The van der Waals surface area contributed by atoms with E-state index in [-0.39, 0.29) is 10.8 Å². The average molecular weight is 589 g/mol. The first-order valence-electron chi connectivity index (χ1n) is 12.8. The predicted octanol–water partition coefficient (Wildman–Crippen LogP) is 5.89. The van der Waals surface area contributed by atoms with Crippen LogP contribution in [0.2, 0.25) is 5.02 Å². The Balaban J connectivity index is 1.50. The molecule has 4 rings (SSSR count). The van der Waals surface area contributed by atoms with Gasteiger partial charge < -0.3 is 5.32 Å². The molecule has 41 heavy (non-hydrogen) atoms. The van der Waals surface area contributed by atoms with Gasteiger partial charge in [0.1, 0.15) is 6.54 Å². The van der Waals surface area contributed by atoms with Gasteiger partial charge in [-0.1, -0.05) is 67.1 Å². The zero-order valence-electron chi connectivity index (χ0n) is 22.5. The molecule has 210 valence electrons. The lowest BCUT2D eigenvalue weighted by atomic mass is 10.1. The summed E-state index contributed by atoms with van der Waals surface area (Å²) in [6.45, 7) is 3.22. The lowest BCUT2D eigenvalue weighted by Gasteiger charge is -2.24. The summed E-state index contributed by atoms with van der Waals surface area (Å²) in [6.07, 6.45) is 0.797. The number of rotatable bonds is 10. The number of hydrogen-bond donors (Lipinski definition) is 2. The third-order valence-electron chi connectivity index (χ3n) is 6.22. The fourth-order valence-corrected chi connectivity index (χ4v) is 5.60. The largest absolute Gasteiger partial charge is 0.322 e. The molecule has 0 aliphatic carbocycles. The summed E-state index contributed by atoms with van der Waals surface area (Å²) in [5.41, 5.74) is 5.93. The molecule has 0 saturated carbocycles. The molecular weight excluding hydrogens is 560 g/mol. The van der Waals surface area contributed by atoms with E-state index in [4.69, 9.17) is 11.6 Å². The number of sulfonamides is 1. The van der Waals surface area contributed by atoms with Crippen LogP contribution >= 0.6 is 11.6 Å². The van der Waals surface area contributed by atoms with Crippen molar-refractivity contribution in [2.24, 2.45) is 5.10 Å². The molecule has 2 N–H and O–H groups in total. The van der Waals surface area contributed by atoms with Gasteiger partial charge in [0, 0.05) is 16.3 Å². The number of halogens is 1. The molecule has 0 aliphatic heterocycles. The lowest BCUT2D eigenvalue weighted by Crippen LogP contribution is -2.39. The normalized spacial score (nSPS) is 11.5. The Bertz CT molecular complexity index is 1670. The van der Waals surface area contributed by atoms with Crippen LogP contribution in [0.4, 0.5) is 11.4 Å². The zero-order valence-corrected chi connectivity index (χ0v) is 24.1. The Kier molecular flexibility index (Phi) is 9.54. The number of hydrogen-bond acceptors (Lipinski definition) is 5. The van der Waals surface area contributed by atoms with E-state index in [1.54, 1.807) is 85.8 Å². The first-order chi connectivity index (χ1) is 19.7. The molecule has 0 bridgehead atoms. The monoisotopic (exact) mass is 588 g/mol. The standard InChI is InChI=1S/C31H29ClN4O4S/c1-3-23-15-17-28(18-16-23)36(41(39,40)29-13-5-4-6-14-29)21-30(37)35-34-22(2)24-9-8-12-27(20-24)33-31(38)25-10-7-11-26(32)19-25/h4-20H,3,21H2,1-2H3,(H,33,38)(H,35,37)/b34-22-. The number of amides is 2. The first-order valence-corrected chi connectivity index (χ1v) is 14.7. The molecule has 0 atom stereocenters. The average Bonchev–Trinajstić information content (AvgIpc) is 2.99. The van der Waals surface area contributed by atoms with E-state index in [1.807, 2.05) is 19.1 Å². The summed E-state index contributed by atoms with van der Waals surface area (Å²) < 4.78 is 28.1. The topological polar surface area (TPSA) is 108 Å². The molecular formula is C31H29ClN4O4S. The van der Waals surface area contributed by atoms with Crippen molar-refractivity contribution in [1.82, 2.24) is 5.43 Å². The van der Waals surface area contributed by atoms with Gasteiger partial charge >= 0.3 is 0 Å². The second-order valence-corrected chi connectivity index (χ2v) is 11.4. The van der Waals surface area contributed by atoms with E-state index in [9.17, 15) is 18.0 Å². The van der Waals surface area contributed by atoms with Crippen molar-refractivity contribution in [3.63, 3.8) is 0 Å². The highest BCUT2D eigenvalue weighted by atomic mass is 35.5. The molecule has 0 unspecified atom stereocenters. The van der Waals surface area contributed by atoms with Crippen molar-refractivity contribution in [3.05, 3.63) is 125 Å². The van der Waals surface area contributed by atoms with Gasteiger partial charge in [-0.15, -0.1) is 0 Å². The molecule has 0 saturated heterocycles. The van der Waals surface area contributed by atoms with Gasteiger partial charge in [0.15, 0.2) is 0 Å². The van der Waals surface area contributed by atoms with E-state index < -0.39 is 22.5 Å². The van der Waals surface area contributed by atoms with Crippen LogP contribution in [0.1, 0.15) is 35.3 Å². The number of aryl methyl sites for hydroxylation is 1. The Labute approximate surface area is 244 Å². The van der Waals surface area contributed by atoms with Crippen molar-refractivity contribution in [2.75, 3.05) is 16.2 Å². The minimum Gasteiger partial charge on any atom is -0.322 e. The Hall–Kier alpha value is -4.47. The molecule has 0 heterocycles. The molecule has 0 spiro atoms. The number of carbonyl (C=O) groups is 2. The van der Waals surface area contributed by atoms with E-state index >= 15 is 0 Å². The molecule has 8 nitrogen and oxygen atoms in total. The van der Waals surface area contributed by atoms with Crippen LogP contribution in [0.15, 0.2) is 113 Å². The Morgan fingerprint density at radius 1 is 0.854 bits per heavy atom. The van der Waals surface area contributed by atoms with E-state index in [0.717, 1.165) is 16.3 Å². The molecule has 4 aromatic carbocycles. The summed E-state index contributed by atoms with van der Waals surface area (Å²) >= 11 is 5.99. The first kappa shape index (κ1) is 29.5. The highest BCUT2D eigenvalue weighted by molar-refractivity contribution is 7.92.